The van der Waals surface area contributed by atoms with Crippen molar-refractivity contribution >= 4 is 0 Å². The summed E-state index contributed by atoms with van der Waals surface area (Å²) in [6, 6.07) is 29.7. The summed E-state index contributed by atoms with van der Waals surface area (Å²) in [6.45, 7) is 6.84. The molecule has 0 aromatic heterocycles. The van der Waals surface area contributed by atoms with Gasteiger partial charge in [-0.2, -0.15) is 0 Å². The average molecular weight is 417 g/mol. The molecule has 4 heteroatoms. The van der Waals surface area contributed by atoms with E-state index in [1.165, 1.54) is 16.7 Å². The van der Waals surface area contributed by atoms with Crippen molar-refractivity contribution in [1.29, 1.82) is 0 Å². The van der Waals surface area contributed by atoms with Crippen LogP contribution in [0.1, 0.15) is 22.7 Å². The van der Waals surface area contributed by atoms with E-state index < -0.39 is 6.10 Å². The summed E-state index contributed by atoms with van der Waals surface area (Å²) in [4.78, 5) is 4.89. The number of β-amino-alcohol motifs (C(OH)–C–C–N with tert-alkyl or cyclic N) is 1. The first-order valence-corrected chi connectivity index (χ1v) is 11.1. The zero-order chi connectivity index (χ0) is 21.5. The van der Waals surface area contributed by atoms with Crippen molar-refractivity contribution in [2.75, 3.05) is 39.3 Å². The van der Waals surface area contributed by atoms with Crippen LogP contribution in [0.3, 0.4) is 0 Å². The Balaban J connectivity index is 1.32. The highest BCUT2D eigenvalue weighted by atomic mass is 16.5. The molecule has 0 spiro atoms. The van der Waals surface area contributed by atoms with Gasteiger partial charge in [0.2, 0.25) is 0 Å². The zero-order valence-corrected chi connectivity index (χ0v) is 18.2. The number of hydrogen-bond donors (Lipinski definition) is 1. The van der Waals surface area contributed by atoms with Crippen LogP contribution >= 0.6 is 0 Å². The standard InChI is InChI=1S/C27H32N2O2/c1-22-12-14-26(15-13-22)31-21-25(30)20-28-16-18-29(19-17-28)27(23-8-4-2-5-9-23)24-10-6-3-7-11-24/h2-15,25,27,30H,16-21H2,1H3/t25-/m0/s1. The minimum absolute atomic E-state index is 0.263. The van der Waals surface area contributed by atoms with Gasteiger partial charge in [0.25, 0.3) is 0 Å². The van der Waals surface area contributed by atoms with Gasteiger partial charge < -0.3 is 9.84 Å². The van der Waals surface area contributed by atoms with E-state index in [1.54, 1.807) is 0 Å². The Kier molecular flexibility index (Phi) is 7.36. The molecule has 1 aliphatic heterocycles. The second kappa shape index (κ2) is 10.6. The molecule has 0 saturated carbocycles. The fraction of sp³-hybridized carbons (Fsp3) is 0.333. The van der Waals surface area contributed by atoms with E-state index in [-0.39, 0.29) is 6.04 Å². The van der Waals surface area contributed by atoms with Crippen molar-refractivity contribution in [1.82, 2.24) is 9.80 Å². The van der Waals surface area contributed by atoms with Crippen LogP contribution in [-0.2, 0) is 0 Å². The fourth-order valence-corrected chi connectivity index (χ4v) is 4.27. The molecular weight excluding hydrogens is 384 g/mol. The third-order valence-corrected chi connectivity index (χ3v) is 5.93. The normalized spacial score (nSPS) is 16.4. The molecule has 162 valence electrons. The maximum Gasteiger partial charge on any atom is 0.119 e. The van der Waals surface area contributed by atoms with Crippen molar-refractivity contribution in [2.24, 2.45) is 0 Å². The largest absolute Gasteiger partial charge is 0.491 e. The highest BCUT2D eigenvalue weighted by Gasteiger charge is 2.27. The van der Waals surface area contributed by atoms with E-state index in [2.05, 4.69) is 77.4 Å². The Morgan fingerprint density at radius 3 is 1.87 bits per heavy atom. The molecule has 0 aliphatic carbocycles. The van der Waals surface area contributed by atoms with Crippen molar-refractivity contribution < 1.29 is 9.84 Å². The molecule has 1 aliphatic rings. The third-order valence-electron chi connectivity index (χ3n) is 5.93. The molecule has 4 rings (SSSR count). The first kappa shape index (κ1) is 21.6. The van der Waals surface area contributed by atoms with Gasteiger partial charge in [0, 0.05) is 32.7 Å². The predicted molar refractivity (Wildman–Crippen MR) is 125 cm³/mol. The molecular formula is C27H32N2O2. The number of aliphatic hydroxyl groups is 1. The summed E-state index contributed by atoms with van der Waals surface area (Å²) < 4.78 is 5.75. The average Bonchev–Trinajstić information content (AvgIpc) is 2.81. The van der Waals surface area contributed by atoms with Crippen molar-refractivity contribution in [3.05, 3.63) is 102 Å². The van der Waals surface area contributed by atoms with Crippen LogP contribution in [0.4, 0.5) is 0 Å². The van der Waals surface area contributed by atoms with Gasteiger partial charge in [-0.3, -0.25) is 9.80 Å². The SMILES string of the molecule is Cc1ccc(OC[C@@H](O)CN2CCN(C(c3ccccc3)c3ccccc3)CC2)cc1. The number of piperazine rings is 1. The van der Waals surface area contributed by atoms with Crippen molar-refractivity contribution in [3.63, 3.8) is 0 Å². The number of hydrogen-bond acceptors (Lipinski definition) is 4. The van der Waals surface area contributed by atoms with Crippen LogP contribution < -0.4 is 4.74 Å². The van der Waals surface area contributed by atoms with E-state index >= 15 is 0 Å². The topological polar surface area (TPSA) is 35.9 Å². The molecule has 1 N–H and O–H groups in total. The van der Waals surface area contributed by atoms with E-state index in [1.807, 2.05) is 24.3 Å². The first-order chi connectivity index (χ1) is 15.2. The molecule has 0 radical (unpaired) electrons. The lowest BCUT2D eigenvalue weighted by Gasteiger charge is -2.40. The summed E-state index contributed by atoms with van der Waals surface area (Å²) in [5.41, 5.74) is 3.86. The van der Waals surface area contributed by atoms with E-state index in [0.29, 0.717) is 13.2 Å². The van der Waals surface area contributed by atoms with E-state index in [9.17, 15) is 5.11 Å². The van der Waals surface area contributed by atoms with Gasteiger partial charge in [-0.1, -0.05) is 78.4 Å². The number of aryl methyl sites for hydroxylation is 1. The number of rotatable bonds is 8. The van der Waals surface area contributed by atoms with Crippen LogP contribution in [0.5, 0.6) is 5.75 Å². The molecule has 3 aromatic carbocycles. The Morgan fingerprint density at radius 2 is 1.32 bits per heavy atom. The highest BCUT2D eigenvalue weighted by molar-refractivity contribution is 5.32. The second-order valence-corrected chi connectivity index (χ2v) is 8.34. The van der Waals surface area contributed by atoms with Gasteiger partial charge in [0.05, 0.1) is 6.04 Å². The molecule has 4 nitrogen and oxygen atoms in total. The Hall–Kier alpha value is -2.66. The van der Waals surface area contributed by atoms with Gasteiger partial charge in [0.15, 0.2) is 0 Å². The molecule has 0 unspecified atom stereocenters. The summed E-state index contributed by atoms with van der Waals surface area (Å²) >= 11 is 0. The van der Waals surface area contributed by atoms with Crippen molar-refractivity contribution in [3.8, 4) is 5.75 Å². The smallest absolute Gasteiger partial charge is 0.119 e. The number of benzene rings is 3. The molecule has 1 heterocycles. The van der Waals surface area contributed by atoms with E-state index in [0.717, 1.165) is 31.9 Å². The lowest BCUT2D eigenvalue weighted by molar-refractivity contribution is 0.0401. The molecule has 31 heavy (non-hydrogen) atoms. The molecule has 0 amide bonds. The summed E-state index contributed by atoms with van der Waals surface area (Å²) in [6.07, 6.45) is -0.494. The van der Waals surface area contributed by atoms with Gasteiger partial charge in [0.1, 0.15) is 18.5 Å². The van der Waals surface area contributed by atoms with Crippen LogP contribution in [0, 0.1) is 6.92 Å². The summed E-state index contributed by atoms with van der Waals surface area (Å²) in [5, 5.41) is 10.5. The monoisotopic (exact) mass is 416 g/mol. The first-order valence-electron chi connectivity index (χ1n) is 11.1. The van der Waals surface area contributed by atoms with Gasteiger partial charge in [-0.25, -0.2) is 0 Å². The predicted octanol–water partition coefficient (Wildman–Crippen LogP) is 4.14. The minimum atomic E-state index is -0.494. The molecule has 3 aromatic rings. The molecule has 1 fully saturated rings. The highest BCUT2D eigenvalue weighted by Crippen LogP contribution is 2.29. The number of aliphatic hydroxyl groups excluding tert-OH is 1. The van der Waals surface area contributed by atoms with Crippen LogP contribution in [0.25, 0.3) is 0 Å². The van der Waals surface area contributed by atoms with E-state index in [4.69, 9.17) is 4.74 Å². The lowest BCUT2D eigenvalue weighted by atomic mass is 9.96. The Labute approximate surface area is 185 Å². The third kappa shape index (κ3) is 5.95. The zero-order valence-electron chi connectivity index (χ0n) is 18.2. The van der Waals surface area contributed by atoms with Crippen LogP contribution in [-0.4, -0.2) is 60.3 Å². The fourth-order valence-electron chi connectivity index (χ4n) is 4.27. The van der Waals surface area contributed by atoms with Gasteiger partial charge in [-0.05, 0) is 30.2 Å². The quantitative estimate of drug-likeness (QED) is 0.599. The maximum absolute atomic E-state index is 10.5. The van der Waals surface area contributed by atoms with Gasteiger partial charge in [-0.15, -0.1) is 0 Å². The minimum Gasteiger partial charge on any atom is -0.491 e. The van der Waals surface area contributed by atoms with Crippen LogP contribution in [0.2, 0.25) is 0 Å². The van der Waals surface area contributed by atoms with Gasteiger partial charge >= 0.3 is 0 Å². The summed E-state index contributed by atoms with van der Waals surface area (Å²) in [5.74, 6) is 0.808. The number of ether oxygens (including phenoxy) is 1. The van der Waals surface area contributed by atoms with Crippen LogP contribution in [0.15, 0.2) is 84.9 Å². The molecule has 1 saturated heterocycles. The second-order valence-electron chi connectivity index (χ2n) is 8.34. The van der Waals surface area contributed by atoms with Crippen molar-refractivity contribution in [2.45, 2.75) is 19.1 Å². The Bertz CT molecular complexity index is 867. The maximum atomic E-state index is 10.5. The Morgan fingerprint density at radius 1 is 0.774 bits per heavy atom. The molecule has 1 atom stereocenters. The lowest BCUT2D eigenvalue weighted by Crippen LogP contribution is -2.50. The summed E-state index contributed by atoms with van der Waals surface area (Å²) in [7, 11) is 0. The number of nitrogens with zero attached hydrogens (tertiary/aromatic N) is 2. The molecule has 0 bridgehead atoms.